The lowest BCUT2D eigenvalue weighted by atomic mass is 10.5. The van der Waals surface area contributed by atoms with Crippen LogP contribution in [0.5, 0.6) is 0 Å². The third-order valence-electron chi connectivity index (χ3n) is 1.64. The number of rotatable bonds is 2. The Morgan fingerprint density at radius 1 is 1.54 bits per heavy atom. The summed E-state index contributed by atoms with van der Waals surface area (Å²) in [7, 11) is 1.78. The van der Waals surface area contributed by atoms with Crippen LogP contribution in [0.2, 0.25) is 0 Å². The van der Waals surface area contributed by atoms with Crippen molar-refractivity contribution in [3.8, 4) is 0 Å². The minimum Gasteiger partial charge on any atom is -0.382 e. The van der Waals surface area contributed by atoms with E-state index >= 15 is 0 Å². The van der Waals surface area contributed by atoms with Gasteiger partial charge in [-0.2, -0.15) is 15.0 Å². The van der Waals surface area contributed by atoms with Crippen molar-refractivity contribution in [2.75, 3.05) is 5.73 Å². The van der Waals surface area contributed by atoms with Gasteiger partial charge in [0.15, 0.2) is 0 Å². The van der Waals surface area contributed by atoms with Gasteiger partial charge >= 0.3 is 0 Å². The van der Waals surface area contributed by atoms with Crippen molar-refractivity contribution in [3.05, 3.63) is 24.4 Å². The lowest BCUT2D eigenvalue weighted by molar-refractivity contribution is 0.636. The molecule has 0 radical (unpaired) electrons. The van der Waals surface area contributed by atoms with E-state index in [1.165, 1.54) is 4.80 Å². The number of nitrogens with two attached hydrogens (primary N) is 1. The van der Waals surface area contributed by atoms with E-state index in [-0.39, 0.29) is 0 Å². The third kappa shape index (κ3) is 1.66. The maximum Gasteiger partial charge on any atom is 0.141 e. The minimum absolute atomic E-state index is 0.517. The first-order valence-corrected chi connectivity index (χ1v) is 3.86. The van der Waals surface area contributed by atoms with Crippen molar-refractivity contribution in [2.45, 2.75) is 6.54 Å². The van der Waals surface area contributed by atoms with Crippen LogP contribution in [0.4, 0.5) is 5.82 Å². The Labute approximate surface area is 75.0 Å². The van der Waals surface area contributed by atoms with Gasteiger partial charge < -0.3 is 10.3 Å². The average Bonchev–Trinajstić information content (AvgIpc) is 2.62. The van der Waals surface area contributed by atoms with Gasteiger partial charge in [-0.05, 0) is 0 Å². The molecule has 68 valence electrons. The van der Waals surface area contributed by atoms with Crippen molar-refractivity contribution in [2.24, 2.45) is 7.05 Å². The van der Waals surface area contributed by atoms with E-state index in [9.17, 15) is 0 Å². The zero-order chi connectivity index (χ0) is 9.26. The van der Waals surface area contributed by atoms with Gasteiger partial charge in [-0.25, -0.2) is 4.98 Å². The van der Waals surface area contributed by atoms with Gasteiger partial charge in [0.25, 0.3) is 0 Å². The molecule has 0 fully saturated rings. The monoisotopic (exact) mass is 178 g/mol. The van der Waals surface area contributed by atoms with Crippen molar-refractivity contribution in [1.82, 2.24) is 24.5 Å². The number of hydrogen-bond acceptors (Lipinski definition) is 4. The van der Waals surface area contributed by atoms with Gasteiger partial charge in [0.2, 0.25) is 0 Å². The molecule has 0 bridgehead atoms. The number of nitrogen functional groups attached to an aromatic ring is 1. The molecule has 0 amide bonds. The number of imidazole rings is 1. The van der Waals surface area contributed by atoms with E-state index < -0.39 is 0 Å². The quantitative estimate of drug-likeness (QED) is 0.681. The summed E-state index contributed by atoms with van der Waals surface area (Å²) in [5, 5.41) is 8.09. The SMILES string of the molecule is Cn1ncc(Cn2cnc(N)c2)n1. The molecule has 2 aromatic rings. The van der Waals surface area contributed by atoms with Gasteiger partial charge in [0.05, 0.1) is 19.1 Å². The standard InChI is InChI=1S/C7H10N6/c1-12-10-2-6(11-12)3-13-4-7(8)9-5-13/h2,4-5H,3,8H2,1H3. The summed E-state index contributed by atoms with van der Waals surface area (Å²) in [4.78, 5) is 5.43. The minimum atomic E-state index is 0.517. The van der Waals surface area contributed by atoms with Crippen LogP contribution in [0.15, 0.2) is 18.7 Å². The molecule has 6 nitrogen and oxygen atoms in total. The van der Waals surface area contributed by atoms with Crippen LogP contribution in [-0.4, -0.2) is 24.5 Å². The summed E-state index contributed by atoms with van der Waals surface area (Å²) in [6.45, 7) is 0.651. The number of hydrogen-bond donors (Lipinski definition) is 1. The molecule has 0 aliphatic rings. The Morgan fingerprint density at radius 3 is 2.92 bits per heavy atom. The zero-order valence-corrected chi connectivity index (χ0v) is 7.25. The fraction of sp³-hybridized carbons (Fsp3) is 0.286. The lowest BCUT2D eigenvalue weighted by Crippen LogP contribution is -1.99. The molecule has 0 aliphatic carbocycles. The smallest absolute Gasteiger partial charge is 0.141 e. The van der Waals surface area contributed by atoms with Crippen LogP contribution in [-0.2, 0) is 13.6 Å². The topological polar surface area (TPSA) is 74.5 Å². The number of aryl methyl sites for hydroxylation is 1. The normalized spacial score (nSPS) is 10.5. The van der Waals surface area contributed by atoms with Crippen LogP contribution < -0.4 is 5.73 Å². The molecule has 0 saturated heterocycles. The van der Waals surface area contributed by atoms with Crippen molar-refractivity contribution < 1.29 is 0 Å². The zero-order valence-electron chi connectivity index (χ0n) is 7.25. The molecule has 6 heteroatoms. The summed E-state index contributed by atoms with van der Waals surface area (Å²) >= 11 is 0. The summed E-state index contributed by atoms with van der Waals surface area (Å²) in [6.07, 6.45) is 5.15. The molecule has 0 unspecified atom stereocenters. The van der Waals surface area contributed by atoms with E-state index in [1.807, 2.05) is 4.57 Å². The highest BCUT2D eigenvalue weighted by atomic mass is 15.4. The highest BCUT2D eigenvalue weighted by molar-refractivity contribution is 5.22. The summed E-state index contributed by atoms with van der Waals surface area (Å²) in [6, 6.07) is 0. The first-order chi connectivity index (χ1) is 6.24. The summed E-state index contributed by atoms with van der Waals surface area (Å²) < 4.78 is 1.86. The van der Waals surface area contributed by atoms with Crippen LogP contribution in [0, 0.1) is 0 Å². The second-order valence-corrected chi connectivity index (χ2v) is 2.80. The fourth-order valence-electron chi connectivity index (χ4n) is 1.11. The van der Waals surface area contributed by atoms with E-state index in [0.29, 0.717) is 12.4 Å². The molecular weight excluding hydrogens is 168 g/mol. The van der Waals surface area contributed by atoms with Crippen LogP contribution in [0.3, 0.4) is 0 Å². The van der Waals surface area contributed by atoms with Gasteiger partial charge in [0, 0.05) is 13.2 Å². The maximum atomic E-state index is 5.46. The van der Waals surface area contributed by atoms with Crippen molar-refractivity contribution in [1.29, 1.82) is 0 Å². The number of aromatic nitrogens is 5. The first kappa shape index (κ1) is 7.78. The Balaban J connectivity index is 2.14. The molecule has 0 spiro atoms. The summed E-state index contributed by atoms with van der Waals surface area (Å²) in [5.41, 5.74) is 6.35. The van der Waals surface area contributed by atoms with Crippen LogP contribution in [0.1, 0.15) is 5.69 Å². The molecule has 2 N–H and O–H groups in total. The molecule has 0 aliphatic heterocycles. The molecule has 13 heavy (non-hydrogen) atoms. The highest BCUT2D eigenvalue weighted by Gasteiger charge is 1.99. The van der Waals surface area contributed by atoms with Crippen LogP contribution in [0.25, 0.3) is 0 Å². The van der Waals surface area contributed by atoms with Crippen molar-refractivity contribution >= 4 is 5.82 Å². The molecular formula is C7H10N6. The van der Waals surface area contributed by atoms with E-state index in [2.05, 4.69) is 15.2 Å². The fourth-order valence-corrected chi connectivity index (χ4v) is 1.11. The van der Waals surface area contributed by atoms with E-state index in [4.69, 9.17) is 5.73 Å². The Kier molecular flexibility index (Phi) is 1.73. The lowest BCUT2D eigenvalue weighted by Gasteiger charge is -1.95. The van der Waals surface area contributed by atoms with E-state index in [1.54, 1.807) is 25.8 Å². The van der Waals surface area contributed by atoms with Gasteiger partial charge in [-0.3, -0.25) is 0 Å². The molecule has 2 heterocycles. The van der Waals surface area contributed by atoms with E-state index in [0.717, 1.165) is 5.69 Å². The van der Waals surface area contributed by atoms with Gasteiger partial charge in [0.1, 0.15) is 11.5 Å². The predicted molar refractivity (Wildman–Crippen MR) is 46.7 cm³/mol. The second-order valence-electron chi connectivity index (χ2n) is 2.80. The number of nitrogens with zero attached hydrogens (tertiary/aromatic N) is 5. The van der Waals surface area contributed by atoms with Crippen LogP contribution >= 0.6 is 0 Å². The second kappa shape index (κ2) is 2.89. The molecule has 0 saturated carbocycles. The van der Waals surface area contributed by atoms with Gasteiger partial charge in [-0.15, -0.1) is 0 Å². The molecule has 2 aromatic heterocycles. The average molecular weight is 178 g/mol. The maximum absolute atomic E-state index is 5.46. The molecule has 2 rings (SSSR count). The highest BCUT2D eigenvalue weighted by Crippen LogP contribution is 2.00. The Hall–Kier alpha value is -1.85. The number of anilines is 1. The summed E-state index contributed by atoms with van der Waals surface area (Å²) in [5.74, 6) is 0.517. The van der Waals surface area contributed by atoms with Gasteiger partial charge in [-0.1, -0.05) is 0 Å². The molecule has 0 aromatic carbocycles. The first-order valence-electron chi connectivity index (χ1n) is 3.86. The molecule has 0 atom stereocenters. The predicted octanol–water partition coefficient (Wildman–Crippen LogP) is -0.358. The third-order valence-corrected chi connectivity index (χ3v) is 1.64. The largest absolute Gasteiger partial charge is 0.382 e. The Bertz CT molecular complexity index is 362. The Morgan fingerprint density at radius 2 is 2.38 bits per heavy atom. The van der Waals surface area contributed by atoms with Crippen molar-refractivity contribution in [3.63, 3.8) is 0 Å².